The van der Waals surface area contributed by atoms with Gasteiger partial charge in [-0.15, -0.1) is 0 Å². The molecule has 4 aromatic rings. The summed E-state index contributed by atoms with van der Waals surface area (Å²) in [4.78, 5) is 28.6. The summed E-state index contributed by atoms with van der Waals surface area (Å²) in [6.07, 6.45) is 1.50. The molecule has 7 nitrogen and oxygen atoms in total. The molecule has 0 fully saturated rings. The molecule has 0 aliphatic rings. The predicted molar refractivity (Wildman–Crippen MR) is 116 cm³/mol. The van der Waals surface area contributed by atoms with Crippen molar-refractivity contribution in [2.24, 2.45) is 0 Å². The minimum Gasteiger partial charge on any atom is -0.487 e. The van der Waals surface area contributed by atoms with E-state index in [4.69, 9.17) is 16.3 Å². The zero-order valence-corrected chi connectivity index (χ0v) is 16.8. The second-order valence-corrected chi connectivity index (χ2v) is 6.97. The predicted octanol–water partition coefficient (Wildman–Crippen LogP) is 4.71. The maximum atomic E-state index is 13.6. The highest BCUT2D eigenvalue weighted by Crippen LogP contribution is 2.18. The first-order chi connectivity index (χ1) is 15.0. The number of fused-ring (bicyclic) bond motifs is 1. The highest BCUT2D eigenvalue weighted by atomic mass is 35.5. The van der Waals surface area contributed by atoms with E-state index in [1.807, 2.05) is 0 Å². The van der Waals surface area contributed by atoms with Crippen molar-refractivity contribution < 1.29 is 13.9 Å². The van der Waals surface area contributed by atoms with E-state index in [-0.39, 0.29) is 17.9 Å². The number of para-hydroxylation sites is 1. The van der Waals surface area contributed by atoms with Gasteiger partial charge in [-0.3, -0.25) is 9.20 Å². The largest absolute Gasteiger partial charge is 0.487 e. The Morgan fingerprint density at radius 2 is 1.84 bits per heavy atom. The van der Waals surface area contributed by atoms with Crippen LogP contribution in [0.25, 0.3) is 5.65 Å². The van der Waals surface area contributed by atoms with Gasteiger partial charge in [0.15, 0.2) is 0 Å². The number of pyridine rings is 1. The number of aromatic nitrogens is 2. The van der Waals surface area contributed by atoms with Crippen molar-refractivity contribution in [2.45, 2.75) is 6.61 Å². The van der Waals surface area contributed by atoms with Crippen LogP contribution in [0.15, 0.2) is 77.7 Å². The van der Waals surface area contributed by atoms with Gasteiger partial charge in [0, 0.05) is 18.0 Å². The van der Waals surface area contributed by atoms with Gasteiger partial charge in [-0.2, -0.15) is 0 Å². The van der Waals surface area contributed by atoms with Gasteiger partial charge >= 0.3 is 6.03 Å². The van der Waals surface area contributed by atoms with Gasteiger partial charge in [0.1, 0.15) is 23.8 Å². The van der Waals surface area contributed by atoms with Crippen molar-refractivity contribution in [3.05, 3.63) is 99.8 Å². The smallest absolute Gasteiger partial charge is 0.323 e. The Bertz CT molecular complexity index is 1310. The van der Waals surface area contributed by atoms with Crippen molar-refractivity contribution in [1.82, 2.24) is 9.38 Å². The van der Waals surface area contributed by atoms with Gasteiger partial charge in [0.2, 0.25) is 0 Å². The number of amides is 2. The molecule has 0 bridgehead atoms. The number of anilines is 2. The summed E-state index contributed by atoms with van der Waals surface area (Å²) >= 11 is 5.90. The average molecular weight is 439 g/mol. The molecular formula is C22H16ClFN4O3. The van der Waals surface area contributed by atoms with E-state index in [9.17, 15) is 14.0 Å². The zero-order valence-electron chi connectivity index (χ0n) is 16.0. The summed E-state index contributed by atoms with van der Waals surface area (Å²) in [5.74, 6) is 0.00426. The Kier molecular flexibility index (Phi) is 5.81. The Hall–Kier alpha value is -3.91. The highest BCUT2D eigenvalue weighted by molar-refractivity contribution is 6.30. The first-order valence-electron chi connectivity index (χ1n) is 9.21. The SMILES string of the molecule is O=C(Nc1ccc(OCc2cc(=O)n3cc(Cl)ccc3n2)cc1)Nc1ccccc1F. The number of rotatable bonds is 5. The van der Waals surface area contributed by atoms with Crippen molar-refractivity contribution in [1.29, 1.82) is 0 Å². The lowest BCUT2D eigenvalue weighted by atomic mass is 10.3. The van der Waals surface area contributed by atoms with Gasteiger partial charge in [-0.05, 0) is 48.5 Å². The van der Waals surface area contributed by atoms with Gasteiger partial charge in [0.05, 0.1) is 16.4 Å². The van der Waals surface area contributed by atoms with Crippen LogP contribution in [-0.2, 0) is 6.61 Å². The molecule has 2 heterocycles. The molecule has 4 rings (SSSR count). The molecule has 2 amide bonds. The van der Waals surface area contributed by atoms with E-state index in [2.05, 4.69) is 15.6 Å². The van der Waals surface area contributed by atoms with Gasteiger partial charge in [0.25, 0.3) is 5.56 Å². The Morgan fingerprint density at radius 3 is 2.61 bits per heavy atom. The summed E-state index contributed by atoms with van der Waals surface area (Å²) in [6.45, 7) is 0.0922. The van der Waals surface area contributed by atoms with E-state index >= 15 is 0 Å². The van der Waals surface area contributed by atoms with Crippen molar-refractivity contribution in [3.8, 4) is 5.75 Å². The van der Waals surface area contributed by atoms with Crippen molar-refractivity contribution >= 4 is 34.7 Å². The lowest BCUT2D eigenvalue weighted by Gasteiger charge is -2.10. The first-order valence-corrected chi connectivity index (χ1v) is 9.59. The number of carbonyl (C=O) groups excluding carboxylic acids is 1. The van der Waals surface area contributed by atoms with Gasteiger partial charge < -0.3 is 15.4 Å². The molecule has 2 aromatic carbocycles. The summed E-state index contributed by atoms with van der Waals surface area (Å²) in [6, 6.07) is 16.6. The summed E-state index contributed by atoms with van der Waals surface area (Å²) in [5, 5.41) is 5.49. The third-order valence-electron chi connectivity index (χ3n) is 4.30. The minimum atomic E-state index is -0.570. The molecule has 2 N–H and O–H groups in total. The molecule has 0 saturated carbocycles. The number of hydrogen-bond donors (Lipinski definition) is 2. The fourth-order valence-corrected chi connectivity index (χ4v) is 3.00. The van der Waals surface area contributed by atoms with Crippen LogP contribution in [0.5, 0.6) is 5.75 Å². The molecule has 0 saturated heterocycles. The lowest BCUT2D eigenvalue weighted by molar-refractivity contribution is 0.262. The number of nitrogens with one attached hydrogen (secondary N) is 2. The standard InChI is InChI=1S/C22H16ClFN4O3/c23-14-5-10-20-25-16(11-21(29)28(20)12-14)13-31-17-8-6-15(7-9-17)26-22(30)27-19-4-2-1-3-18(19)24/h1-12H,13H2,(H2,26,27,30). The highest BCUT2D eigenvalue weighted by Gasteiger charge is 2.07. The van der Waals surface area contributed by atoms with Crippen LogP contribution in [0.3, 0.4) is 0 Å². The molecule has 0 radical (unpaired) electrons. The number of hydrogen-bond acceptors (Lipinski definition) is 4. The Labute approximate surface area is 181 Å². The number of carbonyl (C=O) groups is 1. The fraction of sp³-hybridized carbons (Fsp3) is 0.0455. The average Bonchev–Trinajstić information content (AvgIpc) is 2.75. The molecule has 0 atom stereocenters. The molecule has 0 unspecified atom stereocenters. The molecule has 0 aliphatic heterocycles. The molecule has 9 heteroatoms. The zero-order chi connectivity index (χ0) is 21.8. The first kappa shape index (κ1) is 20.4. The Balaban J connectivity index is 1.37. The van der Waals surface area contributed by atoms with Crippen LogP contribution in [0, 0.1) is 5.82 Å². The lowest BCUT2D eigenvalue weighted by Crippen LogP contribution is -2.20. The molecule has 2 aromatic heterocycles. The summed E-state index contributed by atoms with van der Waals surface area (Å²) < 4.78 is 20.6. The second-order valence-electron chi connectivity index (χ2n) is 6.53. The molecule has 156 valence electrons. The summed E-state index contributed by atoms with van der Waals surface area (Å²) in [5.41, 5.74) is 1.27. The van der Waals surface area contributed by atoms with E-state index < -0.39 is 11.8 Å². The van der Waals surface area contributed by atoms with Crippen LogP contribution in [0.4, 0.5) is 20.6 Å². The third kappa shape index (κ3) is 4.99. The minimum absolute atomic E-state index is 0.0843. The normalized spacial score (nSPS) is 10.6. The van der Waals surface area contributed by atoms with Crippen LogP contribution < -0.4 is 20.9 Å². The maximum absolute atomic E-state index is 13.6. The van der Waals surface area contributed by atoms with Gasteiger partial charge in [-0.1, -0.05) is 23.7 Å². The monoisotopic (exact) mass is 438 g/mol. The van der Waals surface area contributed by atoms with E-state index in [1.165, 1.54) is 34.9 Å². The quantitative estimate of drug-likeness (QED) is 0.472. The molecule has 31 heavy (non-hydrogen) atoms. The fourth-order valence-electron chi connectivity index (χ4n) is 2.84. The number of ether oxygens (including phenoxy) is 1. The third-order valence-corrected chi connectivity index (χ3v) is 4.52. The molecule has 0 aliphatic carbocycles. The van der Waals surface area contributed by atoms with E-state index in [1.54, 1.807) is 42.5 Å². The van der Waals surface area contributed by atoms with Crippen LogP contribution in [0.2, 0.25) is 5.02 Å². The van der Waals surface area contributed by atoms with Crippen LogP contribution in [0.1, 0.15) is 5.69 Å². The second kappa shape index (κ2) is 8.85. The van der Waals surface area contributed by atoms with Gasteiger partial charge in [-0.25, -0.2) is 14.2 Å². The number of urea groups is 1. The summed E-state index contributed by atoms with van der Waals surface area (Å²) in [7, 11) is 0. The van der Waals surface area contributed by atoms with Crippen LogP contribution in [-0.4, -0.2) is 15.4 Å². The number of halogens is 2. The molecule has 0 spiro atoms. The maximum Gasteiger partial charge on any atom is 0.323 e. The van der Waals surface area contributed by atoms with E-state index in [0.29, 0.717) is 27.8 Å². The number of benzene rings is 2. The Morgan fingerprint density at radius 1 is 1.06 bits per heavy atom. The number of nitrogens with zero attached hydrogens (tertiary/aromatic N) is 2. The van der Waals surface area contributed by atoms with Crippen molar-refractivity contribution in [2.75, 3.05) is 10.6 Å². The topological polar surface area (TPSA) is 84.7 Å². The van der Waals surface area contributed by atoms with Crippen LogP contribution >= 0.6 is 11.6 Å². The van der Waals surface area contributed by atoms with E-state index in [0.717, 1.165) is 0 Å². The van der Waals surface area contributed by atoms with Crippen molar-refractivity contribution in [3.63, 3.8) is 0 Å². The molecular weight excluding hydrogens is 423 g/mol.